The van der Waals surface area contributed by atoms with Crippen LogP contribution in [0.15, 0.2) is 71.8 Å². The summed E-state index contributed by atoms with van der Waals surface area (Å²) in [5, 5.41) is 7.88. The SMILES string of the molecule is Cc1ccc(S(=O)(=O)NCCNC(=O)c2cc(-c3ccccc3)nc3c2cnn3C(C)C)cc1. The van der Waals surface area contributed by atoms with Crippen molar-refractivity contribution in [2.24, 2.45) is 0 Å². The van der Waals surface area contributed by atoms with Gasteiger partial charge in [0.25, 0.3) is 5.91 Å². The summed E-state index contributed by atoms with van der Waals surface area (Å²) in [4.78, 5) is 18.1. The molecule has 9 heteroatoms. The third kappa shape index (κ3) is 5.00. The number of nitrogens with zero attached hydrogens (tertiary/aromatic N) is 3. The van der Waals surface area contributed by atoms with Gasteiger partial charge in [0.15, 0.2) is 5.65 Å². The molecule has 0 radical (unpaired) electrons. The van der Waals surface area contributed by atoms with Gasteiger partial charge in [-0.2, -0.15) is 5.10 Å². The summed E-state index contributed by atoms with van der Waals surface area (Å²) in [5.74, 6) is -0.317. The van der Waals surface area contributed by atoms with Crippen LogP contribution >= 0.6 is 0 Å². The zero-order valence-electron chi connectivity index (χ0n) is 19.3. The molecule has 1 amide bonds. The number of aryl methyl sites for hydroxylation is 1. The molecule has 176 valence electrons. The van der Waals surface area contributed by atoms with Gasteiger partial charge in [0.1, 0.15) is 0 Å². The Labute approximate surface area is 199 Å². The molecule has 0 saturated heterocycles. The average molecular weight is 478 g/mol. The Kier molecular flexibility index (Phi) is 6.76. The van der Waals surface area contributed by atoms with Crippen LogP contribution in [0.25, 0.3) is 22.3 Å². The number of rotatable bonds is 8. The molecule has 4 aromatic rings. The summed E-state index contributed by atoms with van der Waals surface area (Å²) in [6.07, 6.45) is 1.64. The molecule has 0 aliphatic heterocycles. The summed E-state index contributed by atoms with van der Waals surface area (Å²) >= 11 is 0. The van der Waals surface area contributed by atoms with Gasteiger partial charge in [0.05, 0.1) is 27.7 Å². The lowest BCUT2D eigenvalue weighted by Crippen LogP contribution is -2.34. The van der Waals surface area contributed by atoms with Gasteiger partial charge in [-0.05, 0) is 39.0 Å². The highest BCUT2D eigenvalue weighted by atomic mass is 32.2. The molecule has 2 heterocycles. The molecule has 0 unspecified atom stereocenters. The highest BCUT2D eigenvalue weighted by Crippen LogP contribution is 2.26. The van der Waals surface area contributed by atoms with Crippen molar-refractivity contribution in [3.63, 3.8) is 0 Å². The number of carbonyl (C=O) groups excluding carboxylic acids is 1. The van der Waals surface area contributed by atoms with Crippen LogP contribution in [0, 0.1) is 6.92 Å². The van der Waals surface area contributed by atoms with Crippen molar-refractivity contribution in [3.05, 3.63) is 78.0 Å². The second-order valence-electron chi connectivity index (χ2n) is 8.31. The Morgan fingerprint density at radius 2 is 1.74 bits per heavy atom. The van der Waals surface area contributed by atoms with Crippen molar-refractivity contribution in [1.29, 1.82) is 0 Å². The van der Waals surface area contributed by atoms with Crippen LogP contribution in [0.5, 0.6) is 0 Å². The average Bonchev–Trinajstić information content (AvgIpc) is 3.26. The van der Waals surface area contributed by atoms with Gasteiger partial charge in [-0.15, -0.1) is 0 Å². The first-order valence-electron chi connectivity index (χ1n) is 11.0. The predicted molar refractivity (Wildman–Crippen MR) is 132 cm³/mol. The number of aromatic nitrogens is 3. The van der Waals surface area contributed by atoms with E-state index in [-0.39, 0.29) is 29.9 Å². The van der Waals surface area contributed by atoms with Crippen molar-refractivity contribution >= 4 is 27.0 Å². The molecule has 0 spiro atoms. The van der Waals surface area contributed by atoms with Gasteiger partial charge < -0.3 is 5.32 Å². The van der Waals surface area contributed by atoms with E-state index in [4.69, 9.17) is 4.98 Å². The number of hydrogen-bond acceptors (Lipinski definition) is 5. The van der Waals surface area contributed by atoms with Crippen LogP contribution in [0.2, 0.25) is 0 Å². The van der Waals surface area contributed by atoms with E-state index in [1.54, 1.807) is 41.2 Å². The zero-order valence-corrected chi connectivity index (χ0v) is 20.1. The van der Waals surface area contributed by atoms with Crippen molar-refractivity contribution in [3.8, 4) is 11.3 Å². The second kappa shape index (κ2) is 9.74. The fraction of sp³-hybridized carbons (Fsp3) is 0.240. The summed E-state index contributed by atoms with van der Waals surface area (Å²) in [5.41, 5.74) is 3.60. The minimum absolute atomic E-state index is 0.0625. The number of fused-ring (bicyclic) bond motifs is 1. The molecular weight excluding hydrogens is 450 g/mol. The third-order valence-corrected chi connectivity index (χ3v) is 6.88. The number of carbonyl (C=O) groups is 1. The number of sulfonamides is 1. The lowest BCUT2D eigenvalue weighted by molar-refractivity contribution is 0.0956. The van der Waals surface area contributed by atoms with Crippen LogP contribution in [-0.4, -0.2) is 42.2 Å². The Balaban J connectivity index is 1.53. The maximum Gasteiger partial charge on any atom is 0.252 e. The molecular formula is C25H27N5O3S. The zero-order chi connectivity index (χ0) is 24.3. The maximum atomic E-state index is 13.1. The molecule has 4 rings (SSSR count). The van der Waals surface area contributed by atoms with Crippen molar-refractivity contribution in [2.45, 2.75) is 31.7 Å². The molecule has 0 bridgehead atoms. The molecule has 0 aliphatic rings. The molecule has 0 saturated carbocycles. The number of amides is 1. The Morgan fingerprint density at radius 3 is 2.41 bits per heavy atom. The summed E-state index contributed by atoms with van der Waals surface area (Å²) < 4.78 is 29.2. The van der Waals surface area contributed by atoms with Crippen LogP contribution in [0.4, 0.5) is 0 Å². The molecule has 8 nitrogen and oxygen atoms in total. The fourth-order valence-corrected chi connectivity index (χ4v) is 4.63. The number of nitrogens with one attached hydrogen (secondary N) is 2. The van der Waals surface area contributed by atoms with E-state index in [9.17, 15) is 13.2 Å². The molecule has 0 aliphatic carbocycles. The maximum absolute atomic E-state index is 13.1. The van der Waals surface area contributed by atoms with Gasteiger partial charge in [0, 0.05) is 24.7 Å². The largest absolute Gasteiger partial charge is 0.351 e. The Bertz CT molecular complexity index is 1410. The van der Waals surface area contributed by atoms with Gasteiger partial charge in [-0.3, -0.25) is 4.79 Å². The predicted octanol–water partition coefficient (Wildman–Crippen LogP) is 3.70. The van der Waals surface area contributed by atoms with Crippen LogP contribution in [0.3, 0.4) is 0 Å². The third-order valence-electron chi connectivity index (χ3n) is 5.40. The first-order valence-corrected chi connectivity index (χ1v) is 12.5. The van der Waals surface area contributed by atoms with E-state index >= 15 is 0 Å². The summed E-state index contributed by atoms with van der Waals surface area (Å²) in [7, 11) is -3.65. The van der Waals surface area contributed by atoms with Gasteiger partial charge >= 0.3 is 0 Å². The minimum atomic E-state index is -3.65. The van der Waals surface area contributed by atoms with E-state index in [0.717, 1.165) is 11.1 Å². The van der Waals surface area contributed by atoms with E-state index in [1.165, 1.54) is 0 Å². The smallest absolute Gasteiger partial charge is 0.252 e. The highest BCUT2D eigenvalue weighted by molar-refractivity contribution is 7.89. The fourth-order valence-electron chi connectivity index (χ4n) is 3.60. The standard InChI is InChI=1S/C25H27N5O3S/c1-17(2)30-24-22(16-27-30)21(15-23(29-24)19-7-5-4-6-8-19)25(31)26-13-14-28-34(32,33)20-11-9-18(3)10-12-20/h4-12,15-17,28H,13-14H2,1-3H3,(H,26,31). The summed E-state index contributed by atoms with van der Waals surface area (Å²) in [6.45, 7) is 6.09. The molecule has 2 aromatic heterocycles. The van der Waals surface area contributed by atoms with Crippen LogP contribution in [-0.2, 0) is 10.0 Å². The van der Waals surface area contributed by atoms with Gasteiger partial charge in [-0.25, -0.2) is 22.8 Å². The van der Waals surface area contributed by atoms with Crippen molar-refractivity contribution in [2.75, 3.05) is 13.1 Å². The Hall–Kier alpha value is -3.56. The van der Waals surface area contributed by atoms with E-state index in [1.807, 2.05) is 51.1 Å². The molecule has 2 aromatic carbocycles. The van der Waals surface area contributed by atoms with E-state index in [2.05, 4.69) is 15.1 Å². The monoisotopic (exact) mass is 477 g/mol. The summed E-state index contributed by atoms with van der Waals surface area (Å²) in [6, 6.07) is 18.0. The first kappa shape index (κ1) is 23.6. The normalized spacial score (nSPS) is 11.8. The van der Waals surface area contributed by atoms with E-state index < -0.39 is 10.0 Å². The van der Waals surface area contributed by atoms with E-state index in [0.29, 0.717) is 22.3 Å². The van der Waals surface area contributed by atoms with Crippen molar-refractivity contribution < 1.29 is 13.2 Å². The molecule has 2 N–H and O–H groups in total. The second-order valence-corrected chi connectivity index (χ2v) is 10.1. The lowest BCUT2D eigenvalue weighted by atomic mass is 10.1. The first-order chi connectivity index (χ1) is 16.3. The van der Waals surface area contributed by atoms with Crippen molar-refractivity contribution in [1.82, 2.24) is 24.8 Å². The number of pyridine rings is 1. The molecule has 0 fully saturated rings. The highest BCUT2D eigenvalue weighted by Gasteiger charge is 2.19. The number of benzene rings is 2. The van der Waals surface area contributed by atoms with Crippen LogP contribution in [0.1, 0.15) is 35.8 Å². The van der Waals surface area contributed by atoms with Crippen LogP contribution < -0.4 is 10.0 Å². The lowest BCUT2D eigenvalue weighted by Gasteiger charge is -2.12. The quantitative estimate of drug-likeness (QED) is 0.377. The molecule has 0 atom stereocenters. The number of hydrogen-bond donors (Lipinski definition) is 2. The van der Waals surface area contributed by atoms with Gasteiger partial charge in [0.2, 0.25) is 10.0 Å². The molecule has 34 heavy (non-hydrogen) atoms. The topological polar surface area (TPSA) is 106 Å². The minimum Gasteiger partial charge on any atom is -0.351 e. The Morgan fingerprint density at radius 1 is 1.03 bits per heavy atom. The van der Waals surface area contributed by atoms with Gasteiger partial charge in [-0.1, -0.05) is 48.0 Å².